The summed E-state index contributed by atoms with van der Waals surface area (Å²) in [6.45, 7) is 5.52. The number of aromatic nitrogens is 1. The molecular formula is C11H18N2O2S. The molecule has 16 heavy (non-hydrogen) atoms. The third-order valence-electron chi connectivity index (χ3n) is 2.55. The largest absolute Gasteiger partial charge is 0.398 e. The second-order valence-corrected chi connectivity index (χ2v) is 6.20. The molecule has 0 bridgehead atoms. The van der Waals surface area contributed by atoms with Crippen molar-refractivity contribution in [3.8, 4) is 0 Å². The van der Waals surface area contributed by atoms with E-state index in [1.807, 2.05) is 20.8 Å². The van der Waals surface area contributed by atoms with Gasteiger partial charge in [-0.25, -0.2) is 8.42 Å². The summed E-state index contributed by atoms with van der Waals surface area (Å²) in [6.07, 6.45) is 2.25. The monoisotopic (exact) mass is 242 g/mol. The Morgan fingerprint density at radius 1 is 1.38 bits per heavy atom. The summed E-state index contributed by atoms with van der Waals surface area (Å²) in [5.74, 6) is 0.180. The maximum Gasteiger partial charge on any atom is 0.156 e. The predicted octanol–water partition coefficient (Wildman–Crippen LogP) is 1.61. The molecule has 0 fully saturated rings. The van der Waals surface area contributed by atoms with Crippen LogP contribution in [-0.4, -0.2) is 19.2 Å². The molecule has 0 aliphatic rings. The van der Waals surface area contributed by atoms with Gasteiger partial charge < -0.3 is 5.73 Å². The van der Waals surface area contributed by atoms with Crippen LogP contribution in [0, 0.1) is 13.8 Å². The third kappa shape index (κ3) is 2.95. The van der Waals surface area contributed by atoms with E-state index >= 15 is 0 Å². The topological polar surface area (TPSA) is 73.0 Å². The van der Waals surface area contributed by atoms with Gasteiger partial charge in [-0.05, 0) is 31.4 Å². The van der Waals surface area contributed by atoms with E-state index in [4.69, 9.17) is 5.73 Å². The Balaban J connectivity index is 3.04. The van der Waals surface area contributed by atoms with Gasteiger partial charge in [0.2, 0.25) is 0 Å². The molecule has 1 heterocycles. The first-order valence-electron chi connectivity index (χ1n) is 5.28. The van der Waals surface area contributed by atoms with Crippen molar-refractivity contribution in [2.45, 2.75) is 32.9 Å². The maximum absolute atomic E-state index is 11.7. The Labute approximate surface area is 96.8 Å². The molecule has 4 nitrogen and oxygen atoms in total. The number of pyridine rings is 1. The van der Waals surface area contributed by atoms with Gasteiger partial charge in [0.05, 0.1) is 17.2 Å². The fraction of sp³-hybridized carbons (Fsp3) is 0.545. The van der Waals surface area contributed by atoms with E-state index in [0.717, 1.165) is 11.1 Å². The summed E-state index contributed by atoms with van der Waals surface area (Å²) in [5, 5.41) is 0. The number of nitrogens with two attached hydrogens (primary N) is 1. The van der Waals surface area contributed by atoms with Gasteiger partial charge >= 0.3 is 0 Å². The van der Waals surface area contributed by atoms with E-state index < -0.39 is 9.84 Å². The molecule has 0 unspecified atom stereocenters. The molecule has 1 rings (SSSR count). The van der Waals surface area contributed by atoms with Crippen LogP contribution in [0.1, 0.15) is 30.2 Å². The van der Waals surface area contributed by atoms with Gasteiger partial charge in [-0.15, -0.1) is 0 Å². The van der Waals surface area contributed by atoms with E-state index in [0.29, 0.717) is 17.8 Å². The Kier molecular flexibility index (Phi) is 3.91. The minimum Gasteiger partial charge on any atom is -0.398 e. The Bertz CT molecular complexity index is 481. The van der Waals surface area contributed by atoms with Gasteiger partial charge in [-0.2, -0.15) is 0 Å². The summed E-state index contributed by atoms with van der Waals surface area (Å²) in [5.41, 5.74) is 8.70. The highest BCUT2D eigenvalue weighted by molar-refractivity contribution is 7.90. The minimum absolute atomic E-state index is 0.0167. The van der Waals surface area contributed by atoms with E-state index in [-0.39, 0.29) is 11.5 Å². The number of hydrogen-bond donors (Lipinski definition) is 1. The van der Waals surface area contributed by atoms with E-state index in [1.165, 1.54) is 0 Å². The Morgan fingerprint density at radius 2 is 2.00 bits per heavy atom. The molecule has 2 N–H and O–H groups in total. The first-order valence-corrected chi connectivity index (χ1v) is 7.10. The molecule has 90 valence electrons. The normalized spacial score (nSPS) is 11.7. The fourth-order valence-corrected chi connectivity index (χ4v) is 3.00. The van der Waals surface area contributed by atoms with E-state index in [2.05, 4.69) is 4.98 Å². The maximum atomic E-state index is 11.7. The standard InChI is InChI=1S/C11H18N2O2S/c1-4-5-16(14,15)7-10-9(3)11(12)8(2)6-13-10/h6H,4-5,7H2,1-3H3,(H2,12,13). The molecule has 0 aliphatic carbocycles. The second-order valence-electron chi connectivity index (χ2n) is 4.02. The molecule has 0 saturated carbocycles. The smallest absolute Gasteiger partial charge is 0.156 e. The van der Waals surface area contributed by atoms with Crippen LogP contribution >= 0.6 is 0 Å². The van der Waals surface area contributed by atoms with Crippen molar-refractivity contribution >= 4 is 15.5 Å². The van der Waals surface area contributed by atoms with Crippen molar-refractivity contribution < 1.29 is 8.42 Å². The minimum atomic E-state index is -3.05. The summed E-state index contributed by atoms with van der Waals surface area (Å²) in [4.78, 5) is 4.15. The Hall–Kier alpha value is -1.10. The molecule has 0 radical (unpaired) electrons. The highest BCUT2D eigenvalue weighted by Gasteiger charge is 2.15. The molecule has 0 aliphatic heterocycles. The summed E-state index contributed by atoms with van der Waals surface area (Å²) in [6, 6.07) is 0. The van der Waals surface area contributed by atoms with Crippen molar-refractivity contribution in [1.29, 1.82) is 0 Å². The molecule has 1 aromatic heterocycles. The highest BCUT2D eigenvalue weighted by Crippen LogP contribution is 2.19. The second kappa shape index (κ2) is 4.82. The zero-order valence-electron chi connectivity index (χ0n) is 9.95. The molecule has 0 aromatic carbocycles. The van der Waals surface area contributed by atoms with Crippen LogP contribution in [0.3, 0.4) is 0 Å². The quantitative estimate of drug-likeness (QED) is 0.870. The van der Waals surface area contributed by atoms with Crippen LogP contribution in [0.5, 0.6) is 0 Å². The fourth-order valence-electron chi connectivity index (χ4n) is 1.53. The van der Waals surface area contributed by atoms with Crippen LogP contribution in [0.4, 0.5) is 5.69 Å². The van der Waals surface area contributed by atoms with Gasteiger partial charge in [-0.3, -0.25) is 4.98 Å². The molecule has 5 heteroatoms. The number of hydrogen-bond acceptors (Lipinski definition) is 4. The van der Waals surface area contributed by atoms with Gasteiger partial charge in [0.25, 0.3) is 0 Å². The first kappa shape index (κ1) is 13.0. The number of nitrogens with zero attached hydrogens (tertiary/aromatic N) is 1. The predicted molar refractivity (Wildman–Crippen MR) is 65.9 cm³/mol. The third-order valence-corrected chi connectivity index (χ3v) is 4.29. The number of rotatable bonds is 4. The Morgan fingerprint density at radius 3 is 2.56 bits per heavy atom. The zero-order chi connectivity index (χ0) is 12.3. The van der Waals surface area contributed by atoms with Crippen LogP contribution in [-0.2, 0) is 15.6 Å². The van der Waals surface area contributed by atoms with Gasteiger partial charge in [-0.1, -0.05) is 6.92 Å². The number of aryl methyl sites for hydroxylation is 1. The number of anilines is 1. The molecule has 0 atom stereocenters. The van der Waals surface area contributed by atoms with Crippen LogP contribution in [0.25, 0.3) is 0 Å². The van der Waals surface area contributed by atoms with Crippen LogP contribution in [0.15, 0.2) is 6.20 Å². The lowest BCUT2D eigenvalue weighted by molar-refractivity contribution is 0.593. The molecule has 0 spiro atoms. The molecule has 1 aromatic rings. The van der Waals surface area contributed by atoms with Gasteiger partial charge in [0, 0.05) is 11.9 Å². The van der Waals surface area contributed by atoms with Crippen molar-refractivity contribution in [2.24, 2.45) is 0 Å². The van der Waals surface area contributed by atoms with Crippen molar-refractivity contribution in [2.75, 3.05) is 11.5 Å². The zero-order valence-corrected chi connectivity index (χ0v) is 10.8. The molecular weight excluding hydrogens is 224 g/mol. The summed E-state index contributed by atoms with van der Waals surface area (Å²) in [7, 11) is -3.05. The molecule has 0 amide bonds. The number of sulfone groups is 1. The van der Waals surface area contributed by atoms with Crippen molar-refractivity contribution in [3.05, 3.63) is 23.0 Å². The van der Waals surface area contributed by atoms with Crippen LogP contribution < -0.4 is 5.73 Å². The lowest BCUT2D eigenvalue weighted by Gasteiger charge is -2.09. The van der Waals surface area contributed by atoms with Gasteiger partial charge in [0.1, 0.15) is 0 Å². The SMILES string of the molecule is CCCS(=O)(=O)Cc1ncc(C)c(N)c1C. The average molecular weight is 242 g/mol. The van der Waals surface area contributed by atoms with E-state index in [9.17, 15) is 8.42 Å². The summed E-state index contributed by atoms with van der Waals surface area (Å²) < 4.78 is 23.3. The lowest BCUT2D eigenvalue weighted by Crippen LogP contribution is -2.12. The van der Waals surface area contributed by atoms with Crippen molar-refractivity contribution in [3.63, 3.8) is 0 Å². The highest BCUT2D eigenvalue weighted by atomic mass is 32.2. The number of nitrogen functional groups attached to an aromatic ring is 1. The lowest BCUT2D eigenvalue weighted by atomic mass is 10.1. The van der Waals surface area contributed by atoms with E-state index in [1.54, 1.807) is 6.20 Å². The van der Waals surface area contributed by atoms with Crippen LogP contribution in [0.2, 0.25) is 0 Å². The molecule has 0 saturated heterocycles. The summed E-state index contributed by atoms with van der Waals surface area (Å²) >= 11 is 0. The van der Waals surface area contributed by atoms with Gasteiger partial charge in [0.15, 0.2) is 9.84 Å². The average Bonchev–Trinajstić information content (AvgIpc) is 2.19. The van der Waals surface area contributed by atoms with Crippen molar-refractivity contribution in [1.82, 2.24) is 4.98 Å². The first-order chi connectivity index (χ1) is 7.37.